The van der Waals surface area contributed by atoms with Crippen molar-refractivity contribution in [3.8, 4) is 0 Å². The van der Waals surface area contributed by atoms with Crippen molar-refractivity contribution < 1.29 is 28.6 Å². The summed E-state index contributed by atoms with van der Waals surface area (Å²) in [4.78, 5) is 40.9. The number of nitrogens with zero attached hydrogens (tertiary/aromatic N) is 2. The fourth-order valence-electron chi connectivity index (χ4n) is 4.33. The highest BCUT2D eigenvalue weighted by atomic mass is 16.6. The first kappa shape index (κ1) is 24.5. The number of benzene rings is 1. The molecule has 0 spiro atoms. The number of likely N-dealkylation sites (tertiary alicyclic amines) is 1. The molecule has 1 atom stereocenters. The van der Waals surface area contributed by atoms with E-state index in [2.05, 4.69) is 4.90 Å². The lowest BCUT2D eigenvalue weighted by Crippen LogP contribution is -2.48. The molecule has 1 unspecified atom stereocenters. The van der Waals surface area contributed by atoms with Gasteiger partial charge in [0.25, 0.3) is 0 Å². The molecule has 0 aromatic heterocycles. The van der Waals surface area contributed by atoms with Crippen LogP contribution in [0.2, 0.25) is 0 Å². The van der Waals surface area contributed by atoms with E-state index in [9.17, 15) is 14.4 Å². The van der Waals surface area contributed by atoms with Crippen LogP contribution in [0.25, 0.3) is 0 Å². The highest BCUT2D eigenvalue weighted by Crippen LogP contribution is 2.37. The van der Waals surface area contributed by atoms with Gasteiger partial charge in [0.05, 0.1) is 31.6 Å². The number of amides is 1. The van der Waals surface area contributed by atoms with E-state index in [0.29, 0.717) is 50.3 Å². The number of carbonyl (C=O) groups is 3. The molecule has 10 heteroatoms. The van der Waals surface area contributed by atoms with Crippen LogP contribution in [0.5, 0.6) is 0 Å². The molecule has 0 bridgehead atoms. The first-order chi connectivity index (χ1) is 15.8. The summed E-state index contributed by atoms with van der Waals surface area (Å²) in [5, 5.41) is 7.48. The van der Waals surface area contributed by atoms with E-state index < -0.39 is 17.5 Å². The van der Waals surface area contributed by atoms with Crippen molar-refractivity contribution in [1.82, 2.24) is 4.90 Å². The molecule has 2 aliphatic rings. The van der Waals surface area contributed by atoms with Gasteiger partial charge in [0.1, 0.15) is 11.9 Å². The summed E-state index contributed by atoms with van der Waals surface area (Å²) in [7, 11) is 0. The molecule has 1 aromatic carbocycles. The number of hydrogen-bond acceptors (Lipinski definition) is 8. The zero-order chi connectivity index (χ0) is 24.0. The molecular weight excluding hydrogens is 428 g/mol. The molecule has 10 nitrogen and oxygen atoms in total. The standard InChI is InChI=1S/C23H32N4O6/c1-3-31-19(28)13-23(21(29)32-4-2)9-11-26(12-10-23)14-18-15-27(22(30)33-18)17-7-5-16(6-8-17)20(24)25/h5-8,18H,3-4,9-15H2,1-2H3,(H3,24,25). The largest absolute Gasteiger partial charge is 0.466 e. The van der Waals surface area contributed by atoms with Crippen molar-refractivity contribution in [3.63, 3.8) is 0 Å². The Kier molecular flexibility index (Phi) is 7.91. The summed E-state index contributed by atoms with van der Waals surface area (Å²) in [6.45, 7) is 6.12. The van der Waals surface area contributed by atoms with Gasteiger partial charge in [0, 0.05) is 17.8 Å². The van der Waals surface area contributed by atoms with Gasteiger partial charge < -0.3 is 19.9 Å². The number of rotatable bonds is 9. The lowest BCUT2D eigenvalue weighted by molar-refractivity contribution is -0.165. The fraction of sp³-hybridized carbons (Fsp3) is 0.565. The van der Waals surface area contributed by atoms with E-state index >= 15 is 0 Å². The average Bonchev–Trinajstić information content (AvgIpc) is 3.15. The van der Waals surface area contributed by atoms with E-state index in [1.54, 1.807) is 43.0 Å². The second-order valence-electron chi connectivity index (χ2n) is 8.36. The Morgan fingerprint density at radius 1 is 1.15 bits per heavy atom. The van der Waals surface area contributed by atoms with Crippen LogP contribution in [-0.2, 0) is 23.8 Å². The minimum Gasteiger partial charge on any atom is -0.466 e. The van der Waals surface area contributed by atoms with Gasteiger partial charge in [-0.3, -0.25) is 24.8 Å². The number of cyclic esters (lactones) is 1. The van der Waals surface area contributed by atoms with Crippen LogP contribution >= 0.6 is 0 Å². The van der Waals surface area contributed by atoms with Crippen LogP contribution in [0.3, 0.4) is 0 Å². The summed E-state index contributed by atoms with van der Waals surface area (Å²) >= 11 is 0. The Balaban J connectivity index is 1.58. The lowest BCUT2D eigenvalue weighted by Gasteiger charge is -2.39. The Morgan fingerprint density at radius 2 is 1.79 bits per heavy atom. The van der Waals surface area contributed by atoms with Crippen LogP contribution in [0, 0.1) is 10.8 Å². The Morgan fingerprint density at radius 3 is 2.36 bits per heavy atom. The molecule has 1 amide bonds. The summed E-state index contributed by atoms with van der Waals surface area (Å²) in [5.41, 5.74) is 5.87. The number of esters is 2. The van der Waals surface area contributed by atoms with Crippen molar-refractivity contribution in [1.29, 1.82) is 5.41 Å². The van der Waals surface area contributed by atoms with E-state index in [1.165, 1.54) is 0 Å². The van der Waals surface area contributed by atoms with Gasteiger partial charge in [0.15, 0.2) is 0 Å². The van der Waals surface area contributed by atoms with Crippen LogP contribution in [0.4, 0.5) is 10.5 Å². The van der Waals surface area contributed by atoms with Gasteiger partial charge in [-0.2, -0.15) is 0 Å². The third-order valence-electron chi connectivity index (χ3n) is 6.14. The van der Waals surface area contributed by atoms with Crippen molar-refractivity contribution in [2.24, 2.45) is 11.1 Å². The van der Waals surface area contributed by atoms with Crippen molar-refractivity contribution in [3.05, 3.63) is 29.8 Å². The summed E-state index contributed by atoms with van der Waals surface area (Å²) in [6, 6.07) is 6.87. The highest BCUT2D eigenvalue weighted by Gasteiger charge is 2.45. The van der Waals surface area contributed by atoms with Crippen LogP contribution in [0.1, 0.15) is 38.7 Å². The number of amidine groups is 1. The SMILES string of the molecule is CCOC(=O)CC1(C(=O)OCC)CCN(CC2CN(c3ccc(C(=N)N)cc3)C(=O)O2)CC1. The number of nitrogen functional groups attached to an aromatic ring is 1. The monoisotopic (exact) mass is 460 g/mol. The fourth-order valence-corrected chi connectivity index (χ4v) is 4.33. The summed E-state index contributed by atoms with van der Waals surface area (Å²) < 4.78 is 15.9. The van der Waals surface area contributed by atoms with Crippen molar-refractivity contribution >= 4 is 29.6 Å². The molecule has 1 aromatic rings. The van der Waals surface area contributed by atoms with Crippen LogP contribution < -0.4 is 10.6 Å². The molecule has 2 fully saturated rings. The van der Waals surface area contributed by atoms with E-state index in [4.69, 9.17) is 25.4 Å². The number of ether oxygens (including phenoxy) is 3. The normalized spacial score (nSPS) is 20.2. The molecule has 2 aliphatic heterocycles. The number of nitrogens with one attached hydrogen (secondary N) is 1. The third-order valence-corrected chi connectivity index (χ3v) is 6.14. The molecule has 3 rings (SSSR count). The number of piperidine rings is 1. The van der Waals surface area contributed by atoms with Gasteiger partial charge in [-0.1, -0.05) is 0 Å². The second-order valence-corrected chi connectivity index (χ2v) is 8.36. The minimum absolute atomic E-state index is 0.00988. The molecule has 3 N–H and O–H groups in total. The van der Waals surface area contributed by atoms with Gasteiger partial charge in [-0.25, -0.2) is 4.79 Å². The lowest BCUT2D eigenvalue weighted by atomic mass is 9.75. The molecule has 180 valence electrons. The topological polar surface area (TPSA) is 135 Å². The number of carbonyl (C=O) groups excluding carboxylic acids is 3. The van der Waals surface area contributed by atoms with Crippen LogP contribution in [0.15, 0.2) is 24.3 Å². The predicted octanol–water partition coefficient (Wildman–Crippen LogP) is 1.89. The molecule has 0 radical (unpaired) electrons. The first-order valence-corrected chi connectivity index (χ1v) is 11.3. The second kappa shape index (κ2) is 10.7. The molecule has 2 saturated heterocycles. The maximum atomic E-state index is 12.7. The van der Waals surface area contributed by atoms with Crippen molar-refractivity contribution in [2.75, 3.05) is 44.3 Å². The molecule has 2 heterocycles. The third kappa shape index (κ3) is 5.81. The number of hydrogen-bond donors (Lipinski definition) is 2. The van der Waals surface area contributed by atoms with Gasteiger partial charge in [-0.05, 0) is 64.0 Å². The summed E-state index contributed by atoms with van der Waals surface area (Å²) in [5.74, 6) is -0.782. The van der Waals surface area contributed by atoms with Gasteiger partial charge in [0.2, 0.25) is 0 Å². The Bertz CT molecular complexity index is 879. The average molecular weight is 461 g/mol. The van der Waals surface area contributed by atoms with E-state index in [0.717, 1.165) is 0 Å². The smallest absolute Gasteiger partial charge is 0.414 e. The Hall–Kier alpha value is -3.14. The zero-order valence-electron chi connectivity index (χ0n) is 19.2. The number of nitrogens with two attached hydrogens (primary N) is 1. The van der Waals surface area contributed by atoms with Crippen molar-refractivity contribution in [2.45, 2.75) is 39.2 Å². The maximum absolute atomic E-state index is 12.7. The molecule has 33 heavy (non-hydrogen) atoms. The maximum Gasteiger partial charge on any atom is 0.414 e. The van der Waals surface area contributed by atoms with Gasteiger partial charge >= 0.3 is 18.0 Å². The Labute approximate surface area is 193 Å². The number of anilines is 1. The zero-order valence-corrected chi connectivity index (χ0v) is 19.2. The predicted molar refractivity (Wildman–Crippen MR) is 121 cm³/mol. The summed E-state index contributed by atoms with van der Waals surface area (Å²) in [6.07, 6.45) is 0.222. The van der Waals surface area contributed by atoms with E-state index in [1.807, 2.05) is 0 Å². The first-order valence-electron chi connectivity index (χ1n) is 11.3. The quantitative estimate of drug-likeness (QED) is 0.247. The van der Waals surface area contributed by atoms with E-state index in [-0.39, 0.29) is 37.5 Å². The molecular formula is C23H32N4O6. The van der Waals surface area contributed by atoms with Gasteiger partial charge in [-0.15, -0.1) is 0 Å². The molecule has 0 aliphatic carbocycles. The van der Waals surface area contributed by atoms with Crippen LogP contribution in [-0.4, -0.2) is 74.3 Å². The highest BCUT2D eigenvalue weighted by molar-refractivity contribution is 5.96. The minimum atomic E-state index is -0.879. The molecule has 0 saturated carbocycles.